The number of furan rings is 1. The molecule has 0 spiro atoms. The molecular formula is C22H27N5O5. The molecule has 2 aromatic heterocycles. The van der Waals surface area contributed by atoms with Crippen LogP contribution in [0.4, 0.5) is 5.88 Å². The van der Waals surface area contributed by atoms with Gasteiger partial charge in [-0.25, -0.2) is 0 Å². The molecule has 32 heavy (non-hydrogen) atoms. The van der Waals surface area contributed by atoms with Gasteiger partial charge in [-0.15, -0.1) is 0 Å². The van der Waals surface area contributed by atoms with E-state index in [2.05, 4.69) is 16.4 Å². The molecule has 0 aliphatic carbocycles. The van der Waals surface area contributed by atoms with Crippen LogP contribution in [0.2, 0.25) is 0 Å². The van der Waals surface area contributed by atoms with Crippen LogP contribution in [-0.2, 0) is 14.3 Å². The van der Waals surface area contributed by atoms with Gasteiger partial charge in [0.25, 0.3) is 11.8 Å². The summed E-state index contributed by atoms with van der Waals surface area (Å²) in [4.78, 5) is 32.3. The first-order chi connectivity index (χ1) is 15.5. The molecule has 2 amide bonds. The van der Waals surface area contributed by atoms with Crippen molar-refractivity contribution in [2.24, 2.45) is 5.92 Å². The molecule has 2 fully saturated rings. The van der Waals surface area contributed by atoms with Gasteiger partial charge in [-0.3, -0.25) is 9.59 Å². The smallest absolute Gasteiger partial charge is 0.266 e. The van der Waals surface area contributed by atoms with Crippen molar-refractivity contribution < 1.29 is 23.2 Å². The maximum Gasteiger partial charge on any atom is 0.266 e. The molecule has 4 rings (SSSR count). The Bertz CT molecular complexity index is 985. The number of anilines is 1. The van der Waals surface area contributed by atoms with E-state index >= 15 is 0 Å². The summed E-state index contributed by atoms with van der Waals surface area (Å²) in [6.45, 7) is 1.57. The topological polar surface area (TPSA) is 125 Å². The lowest BCUT2D eigenvalue weighted by molar-refractivity contribution is -0.140. The molecular weight excluding hydrogens is 414 g/mol. The number of rotatable bonds is 6. The Morgan fingerprint density at radius 3 is 2.72 bits per heavy atom. The molecule has 2 aliphatic heterocycles. The highest BCUT2D eigenvalue weighted by molar-refractivity contribution is 5.81. The Morgan fingerprint density at radius 1 is 1.28 bits per heavy atom. The van der Waals surface area contributed by atoms with E-state index in [-0.39, 0.29) is 35.4 Å². The highest BCUT2D eigenvalue weighted by Crippen LogP contribution is 2.31. The Morgan fingerprint density at radius 2 is 2.06 bits per heavy atom. The van der Waals surface area contributed by atoms with Crippen LogP contribution in [-0.4, -0.2) is 67.6 Å². The lowest BCUT2D eigenvalue weighted by atomic mass is 9.96. The zero-order valence-corrected chi connectivity index (χ0v) is 18.2. The molecule has 2 atom stereocenters. The number of nitrogens with one attached hydrogen (secondary N) is 1. The van der Waals surface area contributed by atoms with Crippen molar-refractivity contribution in [1.29, 1.82) is 5.26 Å². The predicted molar refractivity (Wildman–Crippen MR) is 113 cm³/mol. The van der Waals surface area contributed by atoms with E-state index in [1.54, 1.807) is 26.2 Å². The summed E-state index contributed by atoms with van der Waals surface area (Å²) in [5.41, 5.74) is 0.208. The average molecular weight is 441 g/mol. The number of amides is 2. The van der Waals surface area contributed by atoms with Gasteiger partial charge in [-0.05, 0) is 37.8 Å². The van der Waals surface area contributed by atoms with Crippen LogP contribution in [0.3, 0.4) is 0 Å². The van der Waals surface area contributed by atoms with Gasteiger partial charge in [0.1, 0.15) is 12.2 Å². The maximum atomic E-state index is 12.6. The number of carbonyl (C=O) groups excluding carboxylic acids is 2. The SMILES string of the molecule is CN(C)C(=O)[C@@H]1CC[C@H](CNC(=O)C2CCN(c3oc(-c4ccco4)nc3C#N)CC2)O1. The van der Waals surface area contributed by atoms with Crippen LogP contribution in [0.15, 0.2) is 27.2 Å². The number of nitrogens with zero attached hydrogens (tertiary/aromatic N) is 4. The second-order valence-corrected chi connectivity index (χ2v) is 8.33. The largest absolute Gasteiger partial charge is 0.459 e. The van der Waals surface area contributed by atoms with E-state index in [4.69, 9.17) is 13.6 Å². The summed E-state index contributed by atoms with van der Waals surface area (Å²) in [7, 11) is 3.42. The summed E-state index contributed by atoms with van der Waals surface area (Å²) >= 11 is 0. The van der Waals surface area contributed by atoms with Gasteiger partial charge in [0.05, 0.1) is 12.4 Å². The molecule has 10 nitrogen and oxygen atoms in total. The van der Waals surface area contributed by atoms with E-state index in [1.165, 1.54) is 11.2 Å². The molecule has 2 aromatic rings. The Balaban J connectivity index is 1.27. The van der Waals surface area contributed by atoms with Gasteiger partial charge in [0.15, 0.2) is 5.76 Å². The van der Waals surface area contributed by atoms with E-state index < -0.39 is 6.10 Å². The van der Waals surface area contributed by atoms with Crippen molar-refractivity contribution in [3.8, 4) is 17.7 Å². The summed E-state index contributed by atoms with van der Waals surface area (Å²) < 4.78 is 16.9. The van der Waals surface area contributed by atoms with Gasteiger partial charge in [-0.1, -0.05) is 0 Å². The molecule has 0 unspecified atom stereocenters. The molecule has 0 radical (unpaired) electrons. The first-order valence-corrected chi connectivity index (χ1v) is 10.8. The van der Waals surface area contributed by atoms with Crippen LogP contribution < -0.4 is 10.2 Å². The molecule has 2 saturated heterocycles. The van der Waals surface area contributed by atoms with Crippen molar-refractivity contribution in [2.45, 2.75) is 37.9 Å². The third-order valence-electron chi connectivity index (χ3n) is 5.93. The van der Waals surface area contributed by atoms with E-state index in [0.29, 0.717) is 50.5 Å². The third-order valence-corrected chi connectivity index (χ3v) is 5.93. The molecule has 0 saturated carbocycles. The minimum absolute atomic E-state index is 0.00927. The van der Waals surface area contributed by atoms with Crippen molar-refractivity contribution in [3.63, 3.8) is 0 Å². The summed E-state index contributed by atoms with van der Waals surface area (Å²) in [5, 5.41) is 12.4. The zero-order chi connectivity index (χ0) is 22.7. The zero-order valence-electron chi connectivity index (χ0n) is 18.2. The van der Waals surface area contributed by atoms with Crippen LogP contribution in [0.5, 0.6) is 0 Å². The van der Waals surface area contributed by atoms with Crippen LogP contribution in [0, 0.1) is 17.2 Å². The number of ether oxygens (including phenoxy) is 1. The molecule has 1 N–H and O–H groups in total. The summed E-state index contributed by atoms with van der Waals surface area (Å²) in [5.74, 6) is 0.976. The van der Waals surface area contributed by atoms with Crippen LogP contribution in [0.1, 0.15) is 31.4 Å². The van der Waals surface area contributed by atoms with Gasteiger partial charge >= 0.3 is 0 Å². The normalized spacial score (nSPS) is 21.3. The summed E-state index contributed by atoms with van der Waals surface area (Å²) in [6, 6.07) is 5.52. The van der Waals surface area contributed by atoms with Gasteiger partial charge in [-0.2, -0.15) is 10.2 Å². The number of likely N-dealkylation sites (N-methyl/N-ethyl adjacent to an activating group) is 1. The molecule has 0 bridgehead atoms. The van der Waals surface area contributed by atoms with Gasteiger partial charge in [0.2, 0.25) is 17.5 Å². The minimum Gasteiger partial charge on any atom is -0.459 e. The number of piperidine rings is 1. The lowest BCUT2D eigenvalue weighted by Gasteiger charge is -2.31. The van der Waals surface area contributed by atoms with E-state index in [0.717, 1.165) is 6.42 Å². The standard InChI is InChI=1S/C22H27N5O5/c1-26(2)21(29)18-6-5-15(31-18)13-24-19(28)14-7-9-27(10-8-14)22-16(12-23)25-20(32-22)17-4-3-11-30-17/h3-4,11,14-15,18H,5-10,13H2,1-2H3,(H,24,28)/t15-,18+/m1/s1. The first kappa shape index (κ1) is 21.9. The third kappa shape index (κ3) is 4.62. The van der Waals surface area contributed by atoms with E-state index in [9.17, 15) is 14.9 Å². The number of hydrogen-bond donors (Lipinski definition) is 1. The van der Waals surface area contributed by atoms with Crippen molar-refractivity contribution >= 4 is 17.7 Å². The minimum atomic E-state index is -0.419. The Hall–Kier alpha value is -3.32. The Kier molecular flexibility index (Phi) is 6.46. The number of nitriles is 1. The fourth-order valence-electron chi connectivity index (χ4n) is 4.13. The molecule has 0 aromatic carbocycles. The lowest BCUT2D eigenvalue weighted by Crippen LogP contribution is -2.43. The van der Waals surface area contributed by atoms with Gasteiger partial charge in [0, 0.05) is 39.6 Å². The van der Waals surface area contributed by atoms with Crippen molar-refractivity contribution in [3.05, 3.63) is 24.1 Å². The fourth-order valence-corrected chi connectivity index (χ4v) is 4.13. The number of hydrogen-bond acceptors (Lipinski definition) is 8. The maximum absolute atomic E-state index is 12.6. The Labute approximate surface area is 186 Å². The molecule has 4 heterocycles. The van der Waals surface area contributed by atoms with Crippen LogP contribution in [0.25, 0.3) is 11.7 Å². The number of aromatic nitrogens is 1. The number of carbonyl (C=O) groups is 2. The predicted octanol–water partition coefficient (Wildman–Crippen LogP) is 1.77. The van der Waals surface area contributed by atoms with Gasteiger partial charge < -0.3 is 28.7 Å². The molecule has 2 aliphatic rings. The van der Waals surface area contributed by atoms with Crippen LogP contribution >= 0.6 is 0 Å². The average Bonchev–Trinajstić information content (AvgIpc) is 3.57. The molecule has 10 heteroatoms. The molecule has 170 valence electrons. The monoisotopic (exact) mass is 441 g/mol. The summed E-state index contributed by atoms with van der Waals surface area (Å²) in [6.07, 6.45) is 3.67. The highest BCUT2D eigenvalue weighted by Gasteiger charge is 2.33. The highest BCUT2D eigenvalue weighted by atomic mass is 16.5. The van der Waals surface area contributed by atoms with Crippen molar-refractivity contribution in [2.75, 3.05) is 38.6 Å². The van der Waals surface area contributed by atoms with E-state index in [1.807, 2.05) is 4.90 Å². The number of oxazole rings is 1. The quantitative estimate of drug-likeness (QED) is 0.719. The van der Waals surface area contributed by atoms with Crippen molar-refractivity contribution in [1.82, 2.24) is 15.2 Å². The second kappa shape index (κ2) is 9.44. The fraction of sp³-hybridized carbons (Fsp3) is 0.545. The first-order valence-electron chi connectivity index (χ1n) is 10.8. The second-order valence-electron chi connectivity index (χ2n) is 8.33.